The number of carbonyl (C=O) groups is 1. The first-order chi connectivity index (χ1) is 12.1. The number of nitrogens with zero attached hydrogens (tertiary/aromatic N) is 3. The summed E-state index contributed by atoms with van der Waals surface area (Å²) in [5, 5.41) is 5.89. The monoisotopic (exact) mass is 426 g/mol. The number of rotatable bonds is 4. The number of carbonyl (C=O) groups excluding carboxylic acids is 1. The van der Waals surface area contributed by atoms with E-state index in [2.05, 4.69) is 31.1 Å². The lowest BCUT2D eigenvalue weighted by Gasteiger charge is -2.34. The molecule has 1 saturated heterocycles. The number of amides is 2. The molecule has 1 aliphatic heterocycles. The van der Waals surface area contributed by atoms with Crippen molar-refractivity contribution in [3.63, 3.8) is 0 Å². The van der Waals surface area contributed by atoms with Crippen LogP contribution in [0.5, 0.6) is 11.5 Å². The molecule has 0 radical (unpaired) electrons. The molecule has 0 aliphatic carbocycles. The highest BCUT2D eigenvalue weighted by atomic mass is 79.9. The Hall–Kier alpha value is -2.00. The summed E-state index contributed by atoms with van der Waals surface area (Å²) in [5.41, 5.74) is 0.644. The van der Waals surface area contributed by atoms with Gasteiger partial charge < -0.3 is 24.6 Å². The van der Waals surface area contributed by atoms with E-state index in [-0.39, 0.29) is 6.03 Å². The summed E-state index contributed by atoms with van der Waals surface area (Å²) in [7, 11) is 3.14. The Bertz CT molecular complexity index is 733. The van der Waals surface area contributed by atoms with Gasteiger partial charge in [-0.15, -0.1) is 11.3 Å². The van der Waals surface area contributed by atoms with Crippen molar-refractivity contribution >= 4 is 44.1 Å². The van der Waals surface area contributed by atoms with Crippen LogP contribution in [0.4, 0.5) is 15.6 Å². The maximum absolute atomic E-state index is 12.6. The van der Waals surface area contributed by atoms with Crippen LogP contribution in [0.1, 0.15) is 0 Å². The molecule has 0 saturated carbocycles. The van der Waals surface area contributed by atoms with Crippen molar-refractivity contribution in [2.75, 3.05) is 50.6 Å². The highest BCUT2D eigenvalue weighted by Gasteiger charge is 2.23. The maximum Gasteiger partial charge on any atom is 0.322 e. The summed E-state index contributed by atoms with van der Waals surface area (Å²) in [5.74, 6) is 1.17. The minimum atomic E-state index is -0.133. The lowest BCUT2D eigenvalue weighted by molar-refractivity contribution is 0.208. The summed E-state index contributed by atoms with van der Waals surface area (Å²) in [4.78, 5) is 20.9. The molecule has 2 amide bonds. The van der Waals surface area contributed by atoms with Crippen LogP contribution >= 0.6 is 27.3 Å². The second kappa shape index (κ2) is 7.92. The molecule has 2 aromatic rings. The number of thiazole rings is 1. The van der Waals surface area contributed by atoms with Crippen LogP contribution < -0.4 is 19.7 Å². The van der Waals surface area contributed by atoms with Gasteiger partial charge in [-0.25, -0.2) is 9.78 Å². The van der Waals surface area contributed by atoms with Crippen molar-refractivity contribution in [1.82, 2.24) is 9.88 Å². The molecule has 3 rings (SSSR count). The summed E-state index contributed by atoms with van der Waals surface area (Å²) in [6.07, 6.45) is 1.80. The number of aromatic nitrogens is 1. The second-order valence-electron chi connectivity index (χ2n) is 5.41. The zero-order valence-electron chi connectivity index (χ0n) is 14.0. The summed E-state index contributed by atoms with van der Waals surface area (Å²) >= 11 is 5.07. The van der Waals surface area contributed by atoms with Gasteiger partial charge in [0, 0.05) is 54.4 Å². The Morgan fingerprint density at radius 3 is 2.48 bits per heavy atom. The smallest absolute Gasteiger partial charge is 0.322 e. The normalized spacial score (nSPS) is 14.4. The van der Waals surface area contributed by atoms with Crippen molar-refractivity contribution in [2.24, 2.45) is 0 Å². The van der Waals surface area contributed by atoms with E-state index in [4.69, 9.17) is 9.47 Å². The minimum Gasteiger partial charge on any atom is -0.493 e. The minimum absolute atomic E-state index is 0.133. The maximum atomic E-state index is 12.6. The van der Waals surface area contributed by atoms with Gasteiger partial charge in [-0.05, 0) is 15.9 Å². The first kappa shape index (κ1) is 17.8. The van der Waals surface area contributed by atoms with Gasteiger partial charge in [0.25, 0.3) is 0 Å². The number of piperazine rings is 1. The largest absolute Gasteiger partial charge is 0.493 e. The lowest BCUT2D eigenvalue weighted by atomic mass is 10.2. The molecule has 1 aromatic carbocycles. The molecule has 1 aromatic heterocycles. The van der Waals surface area contributed by atoms with Gasteiger partial charge in [-0.1, -0.05) is 0 Å². The van der Waals surface area contributed by atoms with Crippen LogP contribution in [-0.4, -0.2) is 56.3 Å². The quantitative estimate of drug-likeness (QED) is 0.812. The Balaban J connectivity index is 1.63. The standard InChI is InChI=1S/C16H19BrN4O3S/c1-23-13-9-11(17)12(10-14(13)24-2)19-15(22)20-4-6-21(7-5-20)16-18-3-8-25-16/h3,8-10H,4-7H2,1-2H3,(H,19,22). The molecule has 2 heterocycles. The molecule has 0 bridgehead atoms. The van der Waals surface area contributed by atoms with Gasteiger partial charge in [-0.3, -0.25) is 0 Å². The van der Waals surface area contributed by atoms with E-state index >= 15 is 0 Å². The summed E-state index contributed by atoms with van der Waals surface area (Å²) in [6.45, 7) is 2.84. The Morgan fingerprint density at radius 1 is 1.20 bits per heavy atom. The second-order valence-corrected chi connectivity index (χ2v) is 7.13. The number of hydrogen-bond donors (Lipinski definition) is 1. The molecule has 0 atom stereocenters. The van der Waals surface area contributed by atoms with Crippen LogP contribution in [0, 0.1) is 0 Å². The third kappa shape index (κ3) is 3.98. The predicted octanol–water partition coefficient (Wildman–Crippen LogP) is 3.28. The Kier molecular flexibility index (Phi) is 5.64. The number of anilines is 2. The van der Waals surface area contributed by atoms with Gasteiger partial charge in [-0.2, -0.15) is 0 Å². The van der Waals surface area contributed by atoms with Crippen LogP contribution in [0.2, 0.25) is 0 Å². The molecular formula is C16H19BrN4O3S. The zero-order chi connectivity index (χ0) is 17.8. The van der Waals surface area contributed by atoms with Crippen LogP contribution in [-0.2, 0) is 0 Å². The highest BCUT2D eigenvalue weighted by Crippen LogP contribution is 2.36. The number of urea groups is 1. The fourth-order valence-electron chi connectivity index (χ4n) is 2.62. The number of ether oxygens (including phenoxy) is 2. The van der Waals surface area contributed by atoms with E-state index in [0.29, 0.717) is 30.3 Å². The molecule has 1 N–H and O–H groups in total. The molecule has 1 fully saturated rings. The van der Waals surface area contributed by atoms with Crippen LogP contribution in [0.3, 0.4) is 0 Å². The molecule has 134 valence electrons. The number of nitrogens with one attached hydrogen (secondary N) is 1. The van der Waals surface area contributed by atoms with Crippen molar-refractivity contribution in [3.8, 4) is 11.5 Å². The first-order valence-electron chi connectivity index (χ1n) is 7.74. The van der Waals surface area contributed by atoms with Crippen LogP contribution in [0.25, 0.3) is 0 Å². The molecule has 0 spiro atoms. The number of halogens is 1. The average molecular weight is 427 g/mol. The summed E-state index contributed by atoms with van der Waals surface area (Å²) < 4.78 is 11.3. The van der Waals surface area contributed by atoms with E-state index in [1.807, 2.05) is 5.38 Å². The molecule has 7 nitrogen and oxygen atoms in total. The van der Waals surface area contributed by atoms with Gasteiger partial charge in [0.2, 0.25) is 0 Å². The number of benzene rings is 1. The fraction of sp³-hybridized carbons (Fsp3) is 0.375. The lowest BCUT2D eigenvalue weighted by Crippen LogP contribution is -2.50. The molecule has 0 unspecified atom stereocenters. The number of hydrogen-bond acceptors (Lipinski definition) is 6. The van der Waals surface area contributed by atoms with E-state index in [1.165, 1.54) is 0 Å². The van der Waals surface area contributed by atoms with E-state index < -0.39 is 0 Å². The van der Waals surface area contributed by atoms with Gasteiger partial charge in [0.15, 0.2) is 16.6 Å². The van der Waals surface area contributed by atoms with Gasteiger partial charge in [0.05, 0.1) is 19.9 Å². The summed E-state index contributed by atoms with van der Waals surface area (Å²) in [6, 6.07) is 3.38. The van der Waals surface area contributed by atoms with E-state index in [0.717, 1.165) is 22.7 Å². The SMILES string of the molecule is COc1cc(Br)c(NC(=O)N2CCN(c3nccs3)CC2)cc1OC. The molecule has 9 heteroatoms. The predicted molar refractivity (Wildman–Crippen MR) is 102 cm³/mol. The molecule has 25 heavy (non-hydrogen) atoms. The fourth-order valence-corrected chi connectivity index (χ4v) is 3.74. The average Bonchev–Trinajstić information content (AvgIpc) is 3.17. The zero-order valence-corrected chi connectivity index (χ0v) is 16.4. The van der Waals surface area contributed by atoms with Crippen molar-refractivity contribution in [1.29, 1.82) is 0 Å². The van der Waals surface area contributed by atoms with Gasteiger partial charge in [0.1, 0.15) is 0 Å². The highest BCUT2D eigenvalue weighted by molar-refractivity contribution is 9.10. The van der Waals surface area contributed by atoms with Crippen molar-refractivity contribution in [3.05, 3.63) is 28.2 Å². The van der Waals surface area contributed by atoms with E-state index in [1.54, 1.807) is 48.8 Å². The Morgan fingerprint density at radius 2 is 1.88 bits per heavy atom. The van der Waals surface area contributed by atoms with E-state index in [9.17, 15) is 4.79 Å². The van der Waals surface area contributed by atoms with Gasteiger partial charge >= 0.3 is 6.03 Å². The topological polar surface area (TPSA) is 66.9 Å². The first-order valence-corrected chi connectivity index (χ1v) is 9.41. The van der Waals surface area contributed by atoms with Crippen molar-refractivity contribution < 1.29 is 14.3 Å². The Labute approximate surface area is 158 Å². The molecular weight excluding hydrogens is 408 g/mol. The van der Waals surface area contributed by atoms with Crippen molar-refractivity contribution in [2.45, 2.75) is 0 Å². The van der Waals surface area contributed by atoms with Crippen LogP contribution in [0.15, 0.2) is 28.2 Å². The number of methoxy groups -OCH3 is 2. The third-order valence-electron chi connectivity index (χ3n) is 3.97. The molecule has 1 aliphatic rings. The third-order valence-corrected chi connectivity index (χ3v) is 5.46.